The highest BCUT2D eigenvalue weighted by atomic mass is 19.4. The van der Waals surface area contributed by atoms with Crippen molar-refractivity contribution in [2.75, 3.05) is 0 Å². The van der Waals surface area contributed by atoms with Gasteiger partial charge in [0.25, 0.3) is 5.72 Å². The Balaban J connectivity index is 2.04. The minimum absolute atomic E-state index is 0.136. The second kappa shape index (κ2) is 4.59. The molecular weight excluding hydrogens is 289 g/mol. The molecule has 21 heavy (non-hydrogen) atoms. The predicted octanol–water partition coefficient (Wildman–Crippen LogP) is 2.53. The van der Waals surface area contributed by atoms with Gasteiger partial charge in [0.1, 0.15) is 0 Å². The third-order valence-electron chi connectivity index (χ3n) is 3.96. The van der Waals surface area contributed by atoms with Crippen molar-refractivity contribution in [3.8, 4) is 0 Å². The number of hydrazone groups is 1. The van der Waals surface area contributed by atoms with Gasteiger partial charge in [-0.15, -0.1) is 0 Å². The molecule has 114 valence electrons. The molecular formula is C13H13F3N2O3. The first kappa shape index (κ1) is 14.1. The summed E-state index contributed by atoms with van der Waals surface area (Å²) in [7, 11) is 0. The second-order valence-electron chi connectivity index (χ2n) is 5.21. The molecule has 1 aromatic heterocycles. The van der Waals surface area contributed by atoms with Crippen LogP contribution in [0.25, 0.3) is 0 Å². The fourth-order valence-corrected chi connectivity index (χ4v) is 2.92. The Morgan fingerprint density at radius 2 is 2.24 bits per heavy atom. The van der Waals surface area contributed by atoms with E-state index in [1.807, 2.05) is 0 Å². The van der Waals surface area contributed by atoms with Gasteiger partial charge < -0.3 is 9.52 Å². The lowest BCUT2D eigenvalue weighted by atomic mass is 9.80. The Morgan fingerprint density at radius 3 is 2.86 bits per heavy atom. The van der Waals surface area contributed by atoms with E-state index in [1.54, 1.807) is 0 Å². The molecule has 1 fully saturated rings. The Labute approximate surface area is 118 Å². The van der Waals surface area contributed by atoms with Gasteiger partial charge >= 0.3 is 12.1 Å². The summed E-state index contributed by atoms with van der Waals surface area (Å²) in [5.41, 5.74) is -3.08. The topological polar surface area (TPSA) is 66.0 Å². The number of amides is 1. The van der Waals surface area contributed by atoms with Gasteiger partial charge in [0.15, 0.2) is 5.76 Å². The van der Waals surface area contributed by atoms with Crippen molar-refractivity contribution in [3.63, 3.8) is 0 Å². The van der Waals surface area contributed by atoms with Crippen LogP contribution in [0.15, 0.2) is 27.9 Å². The third-order valence-corrected chi connectivity index (χ3v) is 3.96. The average Bonchev–Trinajstić information content (AvgIpc) is 3.05. The minimum atomic E-state index is -5.00. The van der Waals surface area contributed by atoms with Gasteiger partial charge in [-0.25, -0.2) is 0 Å². The van der Waals surface area contributed by atoms with Crippen molar-refractivity contribution in [1.29, 1.82) is 0 Å². The lowest BCUT2D eigenvalue weighted by Crippen LogP contribution is -2.61. The molecule has 1 saturated carbocycles. The molecule has 0 spiro atoms. The molecule has 3 rings (SSSR count). The molecule has 1 aromatic rings. The Bertz CT molecular complexity index is 582. The summed E-state index contributed by atoms with van der Waals surface area (Å²) in [6.07, 6.45) is -2.06. The Hall–Kier alpha value is -1.83. The van der Waals surface area contributed by atoms with Crippen LogP contribution in [0.5, 0.6) is 0 Å². The first-order chi connectivity index (χ1) is 9.85. The lowest BCUT2D eigenvalue weighted by molar-refractivity contribution is -0.312. The quantitative estimate of drug-likeness (QED) is 0.867. The summed E-state index contributed by atoms with van der Waals surface area (Å²) in [6.45, 7) is 0. The second-order valence-corrected chi connectivity index (χ2v) is 5.21. The number of rotatable bonds is 1. The third kappa shape index (κ3) is 1.97. The van der Waals surface area contributed by atoms with Crippen LogP contribution in [-0.4, -0.2) is 33.6 Å². The predicted molar refractivity (Wildman–Crippen MR) is 65.3 cm³/mol. The number of furan rings is 1. The van der Waals surface area contributed by atoms with E-state index in [9.17, 15) is 23.1 Å². The number of alkyl halides is 3. The molecule has 2 atom stereocenters. The zero-order chi connectivity index (χ0) is 15.3. The van der Waals surface area contributed by atoms with Gasteiger partial charge in [0, 0.05) is 5.71 Å². The monoisotopic (exact) mass is 302 g/mol. The molecule has 0 bridgehead atoms. The van der Waals surface area contributed by atoms with Gasteiger partial charge in [-0.1, -0.05) is 6.42 Å². The summed E-state index contributed by atoms with van der Waals surface area (Å²) in [4.78, 5) is 12.2. The normalized spacial score (nSPS) is 29.2. The summed E-state index contributed by atoms with van der Waals surface area (Å²) < 4.78 is 45.1. The average molecular weight is 302 g/mol. The molecule has 1 aliphatic carbocycles. The number of halogens is 3. The van der Waals surface area contributed by atoms with E-state index < -0.39 is 23.7 Å². The van der Waals surface area contributed by atoms with E-state index in [0.29, 0.717) is 19.3 Å². The summed E-state index contributed by atoms with van der Waals surface area (Å²) >= 11 is 0. The van der Waals surface area contributed by atoms with Crippen molar-refractivity contribution >= 4 is 11.6 Å². The van der Waals surface area contributed by atoms with E-state index in [-0.39, 0.29) is 22.9 Å². The lowest BCUT2D eigenvalue weighted by Gasteiger charge is -2.37. The van der Waals surface area contributed by atoms with Crippen LogP contribution < -0.4 is 0 Å². The van der Waals surface area contributed by atoms with E-state index in [2.05, 4.69) is 5.10 Å². The maximum Gasteiger partial charge on any atom is 0.439 e. The van der Waals surface area contributed by atoms with Crippen LogP contribution in [0.3, 0.4) is 0 Å². The van der Waals surface area contributed by atoms with E-state index >= 15 is 0 Å². The molecule has 8 heteroatoms. The van der Waals surface area contributed by atoms with Crippen LogP contribution in [0, 0.1) is 5.92 Å². The zero-order valence-electron chi connectivity index (χ0n) is 10.9. The highest BCUT2D eigenvalue weighted by Crippen LogP contribution is 2.48. The smallest absolute Gasteiger partial charge is 0.439 e. The van der Waals surface area contributed by atoms with Gasteiger partial charge in [-0.2, -0.15) is 23.3 Å². The van der Waals surface area contributed by atoms with Crippen molar-refractivity contribution < 1.29 is 27.5 Å². The fourth-order valence-electron chi connectivity index (χ4n) is 2.92. The molecule has 1 aliphatic heterocycles. The highest BCUT2D eigenvalue weighted by Gasteiger charge is 2.68. The highest BCUT2D eigenvalue weighted by molar-refractivity contribution is 5.97. The molecule has 5 nitrogen and oxygen atoms in total. The van der Waals surface area contributed by atoms with Gasteiger partial charge in [-0.3, -0.25) is 4.79 Å². The van der Waals surface area contributed by atoms with E-state index in [1.165, 1.54) is 18.4 Å². The summed E-state index contributed by atoms with van der Waals surface area (Å²) in [5.74, 6) is -2.59. The summed E-state index contributed by atoms with van der Waals surface area (Å²) in [5, 5.41) is 14.2. The maximum atomic E-state index is 13.4. The number of fused-ring (bicyclic) bond motifs is 1. The van der Waals surface area contributed by atoms with Gasteiger partial charge in [-0.05, 0) is 31.4 Å². The van der Waals surface area contributed by atoms with Crippen molar-refractivity contribution in [1.82, 2.24) is 5.01 Å². The molecule has 1 amide bonds. The standard InChI is InChI=1S/C13H13F3N2O3/c14-13(15,16)12(20)8-4-1-2-5-9(8)17-18(12)11(19)10-6-3-7-21-10/h3,6-8,20H,1-2,4-5H2/t8-,12-/m0/s1. The zero-order valence-corrected chi connectivity index (χ0v) is 10.9. The van der Waals surface area contributed by atoms with Crippen LogP contribution in [0.4, 0.5) is 13.2 Å². The number of aliphatic hydroxyl groups is 1. The Kier molecular flexibility index (Phi) is 3.09. The van der Waals surface area contributed by atoms with Gasteiger partial charge in [0.2, 0.25) is 0 Å². The molecule has 2 aliphatic rings. The first-order valence-electron chi connectivity index (χ1n) is 6.60. The minimum Gasteiger partial charge on any atom is -0.459 e. The molecule has 0 radical (unpaired) electrons. The number of nitrogens with zero attached hydrogens (tertiary/aromatic N) is 2. The fraction of sp³-hybridized carbons (Fsp3) is 0.538. The summed E-state index contributed by atoms with van der Waals surface area (Å²) in [6, 6.07) is 2.62. The maximum absolute atomic E-state index is 13.4. The van der Waals surface area contributed by atoms with E-state index in [0.717, 1.165) is 0 Å². The first-order valence-corrected chi connectivity index (χ1v) is 6.60. The number of hydrogen-bond donors (Lipinski definition) is 1. The van der Waals surface area contributed by atoms with Crippen LogP contribution >= 0.6 is 0 Å². The van der Waals surface area contributed by atoms with Crippen LogP contribution in [-0.2, 0) is 0 Å². The van der Waals surface area contributed by atoms with E-state index in [4.69, 9.17) is 4.42 Å². The van der Waals surface area contributed by atoms with Gasteiger partial charge in [0.05, 0.1) is 12.2 Å². The SMILES string of the molecule is O=C(c1ccco1)N1N=C2CCCC[C@@H]2[C@]1(O)C(F)(F)F. The molecule has 0 saturated heterocycles. The molecule has 0 unspecified atom stereocenters. The molecule has 2 heterocycles. The van der Waals surface area contributed by atoms with Crippen LogP contribution in [0.2, 0.25) is 0 Å². The van der Waals surface area contributed by atoms with Crippen LogP contribution in [0.1, 0.15) is 36.2 Å². The Morgan fingerprint density at radius 1 is 1.48 bits per heavy atom. The van der Waals surface area contributed by atoms with Crippen molar-refractivity contribution in [2.24, 2.45) is 11.0 Å². The number of carbonyl (C=O) groups is 1. The van der Waals surface area contributed by atoms with Crippen molar-refractivity contribution in [2.45, 2.75) is 37.6 Å². The van der Waals surface area contributed by atoms with Crippen molar-refractivity contribution in [3.05, 3.63) is 24.2 Å². The molecule has 1 N–H and O–H groups in total. The number of hydrogen-bond acceptors (Lipinski definition) is 4. The number of carbonyl (C=O) groups excluding carboxylic acids is 1. The largest absolute Gasteiger partial charge is 0.459 e. The molecule has 0 aromatic carbocycles.